The number of halogens is 4. The monoisotopic (exact) mass is 352 g/mol. The van der Waals surface area contributed by atoms with Crippen molar-refractivity contribution in [3.05, 3.63) is 82.8 Å². The van der Waals surface area contributed by atoms with Gasteiger partial charge in [0.15, 0.2) is 0 Å². The van der Waals surface area contributed by atoms with E-state index in [1.54, 1.807) is 29.3 Å². The Morgan fingerprint density at radius 2 is 1.79 bits per heavy atom. The summed E-state index contributed by atoms with van der Waals surface area (Å²) < 4.78 is 46.0. The van der Waals surface area contributed by atoms with Gasteiger partial charge in [0.2, 0.25) is 0 Å². The molecule has 0 unspecified atom stereocenters. The number of hydrogen-bond acceptors (Lipinski definition) is 3. The van der Waals surface area contributed by atoms with Crippen molar-refractivity contribution in [1.82, 2.24) is 4.98 Å². The Balaban J connectivity index is 1.90. The first-order valence-electron chi connectivity index (χ1n) is 7.04. The molecule has 2 heterocycles. The highest BCUT2D eigenvalue weighted by Gasteiger charge is 2.17. The average molecular weight is 353 g/mol. The Labute approximate surface area is 141 Å². The molecule has 0 aliphatic rings. The lowest BCUT2D eigenvalue weighted by molar-refractivity contribution is 0.519. The van der Waals surface area contributed by atoms with Gasteiger partial charge in [0.25, 0.3) is 0 Å². The molecule has 2 aromatic heterocycles. The van der Waals surface area contributed by atoms with Crippen LogP contribution in [0, 0.1) is 17.5 Å². The second kappa shape index (κ2) is 6.97. The molecule has 3 aromatic rings. The van der Waals surface area contributed by atoms with E-state index >= 15 is 0 Å². The molecule has 1 aromatic carbocycles. The van der Waals surface area contributed by atoms with Gasteiger partial charge < -0.3 is 9.32 Å². The molecular weight excluding hydrogens is 341 g/mol. The number of aromatic nitrogens is 1. The quantitative estimate of drug-likeness (QED) is 0.608. The topological polar surface area (TPSA) is 29.3 Å². The van der Waals surface area contributed by atoms with Crippen LogP contribution in [-0.2, 0) is 13.1 Å². The van der Waals surface area contributed by atoms with Crippen LogP contribution in [0.1, 0.15) is 11.1 Å². The van der Waals surface area contributed by atoms with Gasteiger partial charge in [-0.15, -0.1) is 0 Å². The first-order chi connectivity index (χ1) is 11.5. The van der Waals surface area contributed by atoms with Crippen LogP contribution < -0.4 is 4.90 Å². The van der Waals surface area contributed by atoms with Crippen LogP contribution in [0.4, 0.5) is 18.9 Å². The first kappa shape index (κ1) is 16.4. The van der Waals surface area contributed by atoms with Gasteiger partial charge in [0, 0.05) is 37.0 Å². The van der Waals surface area contributed by atoms with Crippen molar-refractivity contribution < 1.29 is 17.6 Å². The summed E-state index contributed by atoms with van der Waals surface area (Å²) in [5.74, 6) is -2.82. The number of anilines is 1. The Morgan fingerprint density at radius 1 is 1.04 bits per heavy atom. The minimum atomic E-state index is -0.953. The molecule has 0 fully saturated rings. The summed E-state index contributed by atoms with van der Waals surface area (Å²) in [6.07, 6.45) is 4.50. The van der Waals surface area contributed by atoms with Crippen LogP contribution in [0.5, 0.6) is 0 Å². The number of pyridine rings is 1. The van der Waals surface area contributed by atoms with E-state index in [0.717, 1.165) is 5.56 Å². The van der Waals surface area contributed by atoms with Crippen LogP contribution in [-0.4, -0.2) is 4.98 Å². The number of benzene rings is 1. The molecular formula is C17H12ClF3N2O. The van der Waals surface area contributed by atoms with Gasteiger partial charge in [0.1, 0.15) is 28.9 Å². The number of furan rings is 1. The second-order valence-corrected chi connectivity index (χ2v) is 5.56. The van der Waals surface area contributed by atoms with Crippen LogP contribution in [0.15, 0.2) is 53.5 Å². The summed E-state index contributed by atoms with van der Waals surface area (Å²) in [5, 5.41) is 0.351. The van der Waals surface area contributed by atoms with E-state index in [1.807, 2.05) is 0 Å². The third-order valence-electron chi connectivity index (χ3n) is 3.49. The van der Waals surface area contributed by atoms with Crippen LogP contribution in [0.3, 0.4) is 0 Å². The van der Waals surface area contributed by atoms with Gasteiger partial charge in [-0.25, -0.2) is 18.2 Å². The van der Waals surface area contributed by atoms with E-state index in [-0.39, 0.29) is 12.1 Å². The molecule has 0 N–H and O–H groups in total. The summed E-state index contributed by atoms with van der Waals surface area (Å²) in [5.41, 5.74) is 1.20. The zero-order valence-corrected chi connectivity index (χ0v) is 13.1. The molecule has 0 atom stereocenters. The highest BCUT2D eigenvalue weighted by atomic mass is 35.5. The third kappa shape index (κ3) is 3.71. The van der Waals surface area contributed by atoms with Crippen molar-refractivity contribution in [2.75, 3.05) is 4.90 Å². The van der Waals surface area contributed by atoms with Crippen molar-refractivity contribution in [3.63, 3.8) is 0 Å². The molecule has 0 saturated carbocycles. The lowest BCUT2D eigenvalue weighted by atomic mass is 10.1. The van der Waals surface area contributed by atoms with Gasteiger partial charge >= 0.3 is 0 Å². The number of rotatable bonds is 5. The molecule has 24 heavy (non-hydrogen) atoms. The fourth-order valence-corrected chi connectivity index (χ4v) is 2.42. The summed E-state index contributed by atoms with van der Waals surface area (Å²) in [7, 11) is 0. The van der Waals surface area contributed by atoms with Gasteiger partial charge in [0.05, 0.1) is 12.0 Å². The molecule has 3 rings (SSSR count). The maximum Gasteiger partial charge on any atom is 0.134 e. The summed E-state index contributed by atoms with van der Waals surface area (Å²) >= 11 is 5.76. The normalized spacial score (nSPS) is 10.8. The predicted octanol–water partition coefficient (Wildman–Crippen LogP) is 4.95. The SMILES string of the molecule is Fc1cc(F)c(CN(Cc2ccc(Cl)nc2)c2ccoc2)c(F)c1. The minimum Gasteiger partial charge on any atom is -0.470 e. The fourth-order valence-electron chi connectivity index (χ4n) is 2.31. The largest absolute Gasteiger partial charge is 0.470 e. The van der Waals surface area contributed by atoms with Crippen molar-refractivity contribution in [1.29, 1.82) is 0 Å². The van der Waals surface area contributed by atoms with E-state index in [9.17, 15) is 13.2 Å². The fraction of sp³-hybridized carbons (Fsp3) is 0.118. The first-order valence-corrected chi connectivity index (χ1v) is 7.42. The van der Waals surface area contributed by atoms with Gasteiger partial charge in [-0.3, -0.25) is 0 Å². The molecule has 0 aliphatic heterocycles. The standard InChI is InChI=1S/C17H12ClF3N2O/c18-17-2-1-11(7-22-17)8-23(13-3-4-24-10-13)9-14-15(20)5-12(19)6-16(14)21/h1-7,10H,8-9H2. The van der Waals surface area contributed by atoms with E-state index < -0.39 is 17.5 Å². The van der Waals surface area contributed by atoms with E-state index in [4.69, 9.17) is 16.0 Å². The second-order valence-electron chi connectivity index (χ2n) is 5.17. The Morgan fingerprint density at radius 3 is 2.38 bits per heavy atom. The third-order valence-corrected chi connectivity index (χ3v) is 3.71. The maximum atomic E-state index is 13.9. The van der Waals surface area contributed by atoms with Gasteiger partial charge in [-0.2, -0.15) is 0 Å². The van der Waals surface area contributed by atoms with Crippen LogP contribution in [0.2, 0.25) is 5.15 Å². The van der Waals surface area contributed by atoms with Crippen molar-refractivity contribution in [3.8, 4) is 0 Å². The van der Waals surface area contributed by atoms with Crippen LogP contribution >= 0.6 is 11.6 Å². The van der Waals surface area contributed by atoms with Crippen LogP contribution in [0.25, 0.3) is 0 Å². The van der Waals surface area contributed by atoms with E-state index in [2.05, 4.69) is 4.98 Å². The molecule has 7 heteroatoms. The maximum absolute atomic E-state index is 13.9. The molecule has 0 amide bonds. The zero-order chi connectivity index (χ0) is 17.1. The number of nitrogens with zero attached hydrogens (tertiary/aromatic N) is 2. The van der Waals surface area contributed by atoms with Crippen molar-refractivity contribution in [2.24, 2.45) is 0 Å². The predicted molar refractivity (Wildman–Crippen MR) is 84.2 cm³/mol. The van der Waals surface area contributed by atoms with Gasteiger partial charge in [-0.1, -0.05) is 17.7 Å². The average Bonchev–Trinajstić information content (AvgIpc) is 3.06. The Bertz CT molecular complexity index is 799. The molecule has 124 valence electrons. The van der Waals surface area contributed by atoms with Gasteiger partial charge in [-0.05, 0) is 17.7 Å². The smallest absolute Gasteiger partial charge is 0.134 e. The lowest BCUT2D eigenvalue weighted by Crippen LogP contribution is -2.23. The Hall–Kier alpha value is -2.47. The molecule has 0 bridgehead atoms. The Kier molecular flexibility index (Phi) is 4.76. The number of hydrogen-bond donors (Lipinski definition) is 0. The highest BCUT2D eigenvalue weighted by molar-refractivity contribution is 6.29. The summed E-state index contributed by atoms with van der Waals surface area (Å²) in [6.45, 7) is 0.222. The van der Waals surface area contributed by atoms with Crippen molar-refractivity contribution in [2.45, 2.75) is 13.1 Å². The lowest BCUT2D eigenvalue weighted by Gasteiger charge is -2.23. The summed E-state index contributed by atoms with van der Waals surface area (Å²) in [6, 6.07) is 6.39. The summed E-state index contributed by atoms with van der Waals surface area (Å²) in [4.78, 5) is 5.67. The molecule has 0 spiro atoms. The minimum absolute atomic E-state index is 0.0971. The van der Waals surface area contributed by atoms with Crippen molar-refractivity contribution >= 4 is 17.3 Å². The van der Waals surface area contributed by atoms with E-state index in [0.29, 0.717) is 29.5 Å². The molecule has 0 radical (unpaired) electrons. The zero-order valence-electron chi connectivity index (χ0n) is 12.3. The molecule has 3 nitrogen and oxygen atoms in total. The molecule has 0 aliphatic carbocycles. The molecule has 0 saturated heterocycles. The highest BCUT2D eigenvalue weighted by Crippen LogP contribution is 2.24. The van der Waals surface area contributed by atoms with E-state index in [1.165, 1.54) is 12.5 Å².